The summed E-state index contributed by atoms with van der Waals surface area (Å²) in [5, 5.41) is 1.83. The minimum atomic E-state index is -0.454. The Labute approximate surface area is 163 Å². The Morgan fingerprint density at radius 3 is 2.58 bits per heavy atom. The number of carbonyl (C=O) groups excluding carboxylic acids is 1. The summed E-state index contributed by atoms with van der Waals surface area (Å²) in [5.74, 6) is -0.274. The van der Waals surface area contributed by atoms with E-state index in [0.29, 0.717) is 0 Å². The second-order valence-electron chi connectivity index (χ2n) is 7.94. The van der Waals surface area contributed by atoms with Crippen LogP contribution in [0.5, 0.6) is 0 Å². The first-order valence-corrected chi connectivity index (χ1v) is 9.75. The Bertz CT molecular complexity index is 815. The predicted octanol–water partition coefficient (Wildman–Crippen LogP) is 6.52. The van der Waals surface area contributed by atoms with E-state index in [-0.39, 0.29) is 17.5 Å². The van der Waals surface area contributed by atoms with Crippen molar-refractivity contribution in [3.05, 3.63) is 53.1 Å². The second-order valence-corrected chi connectivity index (χ2v) is 8.45. The number of allylic oxidation sites excluding steroid dienone is 1. The van der Waals surface area contributed by atoms with Crippen molar-refractivity contribution >= 4 is 35.4 Å². The van der Waals surface area contributed by atoms with E-state index in [9.17, 15) is 4.79 Å². The number of fused-ring (bicyclic) bond motifs is 1. The maximum atomic E-state index is 12.5. The number of esters is 1. The number of rotatable bonds is 5. The number of aryl methyl sites for hydroxylation is 1. The van der Waals surface area contributed by atoms with Crippen LogP contribution in [0.4, 0.5) is 0 Å². The highest BCUT2D eigenvalue weighted by molar-refractivity contribution is 7.81. The summed E-state index contributed by atoms with van der Waals surface area (Å²) >= 11 is 4.45. The van der Waals surface area contributed by atoms with Crippen LogP contribution in [-0.2, 0) is 9.53 Å². The molecule has 0 N–H and O–H groups in total. The molecule has 0 bridgehead atoms. The number of ether oxygens (including phenoxy) is 1. The zero-order chi connectivity index (χ0) is 19.5. The smallest absolute Gasteiger partial charge is 0.319 e. The number of benzene rings is 2. The Morgan fingerprint density at radius 1 is 1.27 bits per heavy atom. The van der Waals surface area contributed by atoms with Gasteiger partial charge in [0.1, 0.15) is 11.4 Å². The monoisotopic (exact) mass is 370 g/mol. The fourth-order valence-electron chi connectivity index (χ4n) is 2.91. The minimum Gasteiger partial charge on any atom is -0.457 e. The summed E-state index contributed by atoms with van der Waals surface area (Å²) in [6.45, 7) is 12.1. The van der Waals surface area contributed by atoms with E-state index in [1.807, 2.05) is 39.8 Å². The molecule has 0 aromatic heterocycles. The molecule has 2 aromatic rings. The van der Waals surface area contributed by atoms with Gasteiger partial charge in [0.05, 0.1) is 0 Å². The molecule has 0 radical (unpaired) electrons. The van der Waals surface area contributed by atoms with Gasteiger partial charge in [-0.2, -0.15) is 12.6 Å². The van der Waals surface area contributed by atoms with Gasteiger partial charge < -0.3 is 4.74 Å². The highest BCUT2D eigenvalue weighted by Crippen LogP contribution is 2.32. The Morgan fingerprint density at radius 2 is 1.96 bits per heavy atom. The van der Waals surface area contributed by atoms with Gasteiger partial charge in [0.2, 0.25) is 0 Å². The van der Waals surface area contributed by atoms with Crippen LogP contribution in [0.15, 0.2) is 36.4 Å². The van der Waals surface area contributed by atoms with Crippen LogP contribution in [0.25, 0.3) is 16.8 Å². The van der Waals surface area contributed by atoms with Crippen LogP contribution >= 0.6 is 12.6 Å². The van der Waals surface area contributed by atoms with E-state index in [1.54, 1.807) is 0 Å². The molecule has 2 unspecified atom stereocenters. The molecule has 0 spiro atoms. The van der Waals surface area contributed by atoms with Gasteiger partial charge in [-0.1, -0.05) is 64.1 Å². The van der Waals surface area contributed by atoms with Gasteiger partial charge >= 0.3 is 5.97 Å². The van der Waals surface area contributed by atoms with Crippen molar-refractivity contribution < 1.29 is 9.53 Å². The fraction of sp³-hybridized carbons (Fsp3) is 0.435. The van der Waals surface area contributed by atoms with Crippen molar-refractivity contribution in [3.8, 4) is 0 Å². The molecule has 2 nitrogen and oxygen atoms in total. The molecule has 0 aliphatic carbocycles. The Hall–Kier alpha value is -1.74. The number of thiol groups is 1. The normalized spacial score (nSPS) is 14.6. The zero-order valence-electron chi connectivity index (χ0n) is 16.7. The lowest BCUT2D eigenvalue weighted by Gasteiger charge is -2.26. The van der Waals surface area contributed by atoms with Crippen LogP contribution in [0.3, 0.4) is 0 Å². The second kappa shape index (κ2) is 8.30. The SMILES string of the molecule is CC/C=C\c1cc2c(C(C)OC(=O)C(S)C(C)(C)C)cccc2cc1C. The predicted molar refractivity (Wildman–Crippen MR) is 115 cm³/mol. The van der Waals surface area contributed by atoms with Crippen molar-refractivity contribution in [3.63, 3.8) is 0 Å². The van der Waals surface area contributed by atoms with E-state index in [2.05, 4.69) is 56.8 Å². The molecule has 2 rings (SSSR count). The molecular weight excluding hydrogens is 340 g/mol. The lowest BCUT2D eigenvalue weighted by molar-refractivity contribution is -0.149. The third kappa shape index (κ3) is 4.70. The van der Waals surface area contributed by atoms with Crippen molar-refractivity contribution in [2.75, 3.05) is 0 Å². The third-order valence-electron chi connectivity index (χ3n) is 4.61. The van der Waals surface area contributed by atoms with Gasteiger partial charge in [0, 0.05) is 5.56 Å². The van der Waals surface area contributed by atoms with Crippen LogP contribution in [-0.4, -0.2) is 11.2 Å². The van der Waals surface area contributed by atoms with Crippen molar-refractivity contribution in [1.29, 1.82) is 0 Å². The third-order valence-corrected chi connectivity index (χ3v) is 5.59. The molecule has 26 heavy (non-hydrogen) atoms. The molecule has 3 heteroatoms. The average molecular weight is 371 g/mol. The van der Waals surface area contributed by atoms with Gasteiger partial charge in [-0.3, -0.25) is 4.79 Å². The summed E-state index contributed by atoms with van der Waals surface area (Å²) in [7, 11) is 0. The highest BCUT2D eigenvalue weighted by Gasteiger charge is 2.30. The molecule has 0 saturated heterocycles. The summed E-state index contributed by atoms with van der Waals surface area (Å²) in [4.78, 5) is 12.5. The molecule has 2 atom stereocenters. The molecule has 0 aliphatic rings. The van der Waals surface area contributed by atoms with Crippen LogP contribution in [0, 0.1) is 12.3 Å². The summed E-state index contributed by atoms with van der Waals surface area (Å²) in [6.07, 6.45) is 5.00. The van der Waals surface area contributed by atoms with E-state index < -0.39 is 5.25 Å². The van der Waals surface area contributed by atoms with Crippen LogP contribution in [0.2, 0.25) is 0 Å². The summed E-state index contributed by atoms with van der Waals surface area (Å²) in [5.41, 5.74) is 3.23. The van der Waals surface area contributed by atoms with Gasteiger partial charge in [0.15, 0.2) is 0 Å². The summed E-state index contributed by atoms with van der Waals surface area (Å²) < 4.78 is 5.75. The fourth-order valence-corrected chi connectivity index (χ4v) is 2.98. The maximum absolute atomic E-state index is 12.5. The zero-order valence-corrected chi connectivity index (χ0v) is 17.6. The lowest BCUT2D eigenvalue weighted by atomic mass is 9.91. The summed E-state index contributed by atoms with van der Waals surface area (Å²) in [6, 6.07) is 10.5. The largest absolute Gasteiger partial charge is 0.457 e. The highest BCUT2D eigenvalue weighted by atomic mass is 32.1. The van der Waals surface area contributed by atoms with E-state index in [0.717, 1.165) is 22.8 Å². The van der Waals surface area contributed by atoms with Crippen LogP contribution in [0.1, 0.15) is 63.8 Å². The van der Waals surface area contributed by atoms with E-state index in [1.165, 1.54) is 11.1 Å². The van der Waals surface area contributed by atoms with Crippen molar-refractivity contribution in [2.45, 2.75) is 59.3 Å². The molecule has 0 heterocycles. The van der Waals surface area contributed by atoms with E-state index >= 15 is 0 Å². The average Bonchev–Trinajstić information content (AvgIpc) is 2.57. The first-order valence-electron chi connectivity index (χ1n) is 9.23. The van der Waals surface area contributed by atoms with Gasteiger partial charge in [0.25, 0.3) is 0 Å². The van der Waals surface area contributed by atoms with E-state index in [4.69, 9.17) is 4.74 Å². The quantitative estimate of drug-likeness (QED) is 0.479. The molecule has 0 amide bonds. The van der Waals surface area contributed by atoms with Gasteiger partial charge in [-0.15, -0.1) is 0 Å². The Kier molecular flexibility index (Phi) is 6.57. The number of carbonyl (C=O) groups is 1. The molecular formula is C23H30O2S. The van der Waals surface area contributed by atoms with Crippen LogP contribution < -0.4 is 0 Å². The molecule has 2 aromatic carbocycles. The van der Waals surface area contributed by atoms with Crippen molar-refractivity contribution in [2.24, 2.45) is 5.41 Å². The van der Waals surface area contributed by atoms with Crippen molar-refractivity contribution in [1.82, 2.24) is 0 Å². The maximum Gasteiger partial charge on any atom is 0.319 e. The number of hydrogen-bond donors (Lipinski definition) is 1. The lowest BCUT2D eigenvalue weighted by Crippen LogP contribution is -2.31. The molecule has 0 saturated carbocycles. The standard InChI is InChI=1S/C23H30O2S/c1-7-8-10-17-14-20-18(13-15(17)2)11-9-12-19(20)16(3)25-22(24)21(26)23(4,5)6/h8-14,16,21,26H,7H2,1-6H3/b10-8-. The first-order chi connectivity index (χ1) is 12.1. The topological polar surface area (TPSA) is 26.3 Å². The molecule has 0 aliphatic heterocycles. The van der Waals surface area contributed by atoms with Gasteiger partial charge in [-0.05, 0) is 53.6 Å². The van der Waals surface area contributed by atoms with Gasteiger partial charge in [-0.25, -0.2) is 0 Å². The Balaban J connectivity index is 2.39. The number of hydrogen-bond acceptors (Lipinski definition) is 3. The molecule has 0 fully saturated rings. The minimum absolute atomic E-state index is 0.242. The molecule has 140 valence electrons. The first kappa shape index (κ1) is 20.6.